The summed E-state index contributed by atoms with van der Waals surface area (Å²) in [5.74, 6) is -1.01. The topological polar surface area (TPSA) is 80.4 Å². The zero-order valence-corrected chi connectivity index (χ0v) is 9.23. The van der Waals surface area contributed by atoms with Crippen LogP contribution < -0.4 is 0 Å². The Morgan fingerprint density at radius 1 is 1.44 bits per heavy atom. The average molecular weight is 239 g/mol. The van der Waals surface area contributed by atoms with Gasteiger partial charge >= 0.3 is 5.97 Å². The zero-order valence-electron chi connectivity index (χ0n) is 8.41. The van der Waals surface area contributed by atoms with Crippen molar-refractivity contribution < 1.29 is 14.8 Å². The molecule has 0 aliphatic heterocycles. The standard InChI is InChI=1S/C10H9NO4S/c1-7(6-10(12)13)16-9-4-2-8(3-5-9)11(14)15/h2-6H,1H3,(H,12,13)/b7-6-. The van der Waals surface area contributed by atoms with Crippen LogP contribution in [0, 0.1) is 10.1 Å². The van der Waals surface area contributed by atoms with Gasteiger partial charge in [-0.25, -0.2) is 4.79 Å². The van der Waals surface area contributed by atoms with Gasteiger partial charge in [0, 0.05) is 23.1 Å². The van der Waals surface area contributed by atoms with Gasteiger partial charge in [-0.2, -0.15) is 0 Å². The number of nitro groups is 1. The molecule has 0 amide bonds. The summed E-state index contributed by atoms with van der Waals surface area (Å²) in [5, 5.41) is 18.9. The Morgan fingerprint density at radius 2 is 2.00 bits per heavy atom. The van der Waals surface area contributed by atoms with Crippen LogP contribution in [0.15, 0.2) is 40.1 Å². The van der Waals surface area contributed by atoms with Gasteiger partial charge in [-0.05, 0) is 24.0 Å². The molecule has 0 atom stereocenters. The number of carbonyl (C=O) groups is 1. The Labute approximate surface area is 95.9 Å². The number of nitro benzene ring substituents is 1. The summed E-state index contributed by atoms with van der Waals surface area (Å²) in [5.41, 5.74) is 0.0178. The molecular weight excluding hydrogens is 230 g/mol. The van der Waals surface area contributed by atoms with Crippen LogP contribution in [-0.2, 0) is 4.79 Å². The van der Waals surface area contributed by atoms with Crippen LogP contribution in [0.5, 0.6) is 0 Å². The number of benzene rings is 1. The summed E-state index contributed by atoms with van der Waals surface area (Å²) in [4.78, 5) is 21.7. The number of nitrogens with zero attached hydrogens (tertiary/aromatic N) is 1. The van der Waals surface area contributed by atoms with E-state index in [4.69, 9.17) is 5.11 Å². The molecule has 84 valence electrons. The first-order valence-electron chi connectivity index (χ1n) is 4.32. The first kappa shape index (κ1) is 12.3. The van der Waals surface area contributed by atoms with Crippen LogP contribution in [0.3, 0.4) is 0 Å². The average Bonchev–Trinajstić information content (AvgIpc) is 2.16. The molecule has 5 nitrogen and oxygen atoms in total. The fourth-order valence-corrected chi connectivity index (χ4v) is 1.83. The third kappa shape index (κ3) is 3.74. The van der Waals surface area contributed by atoms with Crippen molar-refractivity contribution in [3.63, 3.8) is 0 Å². The molecule has 0 aromatic heterocycles. The number of thioether (sulfide) groups is 1. The van der Waals surface area contributed by atoms with Crippen LogP contribution >= 0.6 is 11.8 Å². The van der Waals surface area contributed by atoms with Crippen molar-refractivity contribution in [3.8, 4) is 0 Å². The molecule has 0 saturated carbocycles. The number of carboxylic acid groups (broad SMARTS) is 1. The monoisotopic (exact) mass is 239 g/mol. The van der Waals surface area contributed by atoms with Crippen LogP contribution in [-0.4, -0.2) is 16.0 Å². The maximum atomic E-state index is 10.4. The predicted molar refractivity (Wildman–Crippen MR) is 60.3 cm³/mol. The van der Waals surface area contributed by atoms with E-state index < -0.39 is 10.9 Å². The highest BCUT2D eigenvalue weighted by Crippen LogP contribution is 2.27. The van der Waals surface area contributed by atoms with Crippen LogP contribution in [0.4, 0.5) is 5.69 Å². The Bertz CT molecular complexity index is 439. The van der Waals surface area contributed by atoms with Crippen molar-refractivity contribution in [2.75, 3.05) is 0 Å². The summed E-state index contributed by atoms with van der Waals surface area (Å²) >= 11 is 1.25. The van der Waals surface area contributed by atoms with E-state index in [2.05, 4.69) is 0 Å². The highest BCUT2D eigenvalue weighted by atomic mass is 32.2. The number of hydrogen-bond acceptors (Lipinski definition) is 4. The Hall–Kier alpha value is -1.82. The second kappa shape index (κ2) is 5.32. The number of aliphatic carboxylic acids is 1. The van der Waals surface area contributed by atoms with Crippen LogP contribution in [0.1, 0.15) is 6.92 Å². The summed E-state index contributed by atoms with van der Waals surface area (Å²) < 4.78 is 0. The smallest absolute Gasteiger partial charge is 0.329 e. The third-order valence-electron chi connectivity index (χ3n) is 1.65. The van der Waals surface area contributed by atoms with E-state index in [0.717, 1.165) is 11.0 Å². The van der Waals surface area contributed by atoms with Gasteiger partial charge in [-0.1, -0.05) is 11.8 Å². The number of rotatable bonds is 4. The quantitative estimate of drug-likeness (QED) is 0.378. The fourth-order valence-electron chi connectivity index (χ4n) is 1.03. The normalized spacial score (nSPS) is 11.2. The maximum Gasteiger partial charge on any atom is 0.329 e. The summed E-state index contributed by atoms with van der Waals surface area (Å²) in [6.07, 6.45) is 1.09. The predicted octanol–water partition coefficient (Wildman–Crippen LogP) is 2.68. The van der Waals surface area contributed by atoms with Gasteiger partial charge in [0.15, 0.2) is 0 Å². The molecule has 1 N–H and O–H groups in total. The molecule has 0 unspecified atom stereocenters. The van der Waals surface area contributed by atoms with Crippen LogP contribution in [0.25, 0.3) is 0 Å². The second-order valence-electron chi connectivity index (χ2n) is 2.95. The molecule has 1 rings (SSSR count). The lowest BCUT2D eigenvalue weighted by molar-refractivity contribution is -0.384. The molecule has 0 spiro atoms. The molecule has 1 aromatic carbocycles. The van der Waals surface area contributed by atoms with E-state index in [-0.39, 0.29) is 5.69 Å². The molecule has 0 radical (unpaired) electrons. The number of non-ortho nitro benzene ring substituents is 1. The van der Waals surface area contributed by atoms with Crippen molar-refractivity contribution >= 4 is 23.4 Å². The van der Waals surface area contributed by atoms with Gasteiger partial charge in [0.25, 0.3) is 5.69 Å². The molecular formula is C10H9NO4S. The molecule has 0 aliphatic rings. The van der Waals surface area contributed by atoms with Crippen molar-refractivity contribution in [2.24, 2.45) is 0 Å². The Balaban J connectivity index is 2.76. The van der Waals surface area contributed by atoms with Crippen molar-refractivity contribution in [1.82, 2.24) is 0 Å². The van der Waals surface area contributed by atoms with Gasteiger partial charge in [0.2, 0.25) is 0 Å². The van der Waals surface area contributed by atoms with Gasteiger partial charge in [-0.3, -0.25) is 10.1 Å². The molecule has 0 aliphatic carbocycles. The Kier molecular flexibility index (Phi) is 4.07. The van der Waals surface area contributed by atoms with E-state index in [1.807, 2.05) is 0 Å². The third-order valence-corrected chi connectivity index (χ3v) is 2.60. The zero-order chi connectivity index (χ0) is 12.1. The molecule has 6 heteroatoms. The Morgan fingerprint density at radius 3 is 2.44 bits per heavy atom. The van der Waals surface area contributed by atoms with Gasteiger partial charge < -0.3 is 5.11 Å². The SMILES string of the molecule is C/C(=C/C(=O)O)Sc1ccc([N+](=O)[O-])cc1. The largest absolute Gasteiger partial charge is 0.478 e. The van der Waals surface area contributed by atoms with Crippen molar-refractivity contribution in [3.05, 3.63) is 45.4 Å². The van der Waals surface area contributed by atoms with Crippen LogP contribution in [0.2, 0.25) is 0 Å². The van der Waals surface area contributed by atoms with E-state index >= 15 is 0 Å². The number of carboxylic acids is 1. The minimum Gasteiger partial charge on any atom is -0.478 e. The number of hydrogen-bond donors (Lipinski definition) is 1. The minimum absolute atomic E-state index is 0.0178. The first-order valence-corrected chi connectivity index (χ1v) is 5.14. The van der Waals surface area contributed by atoms with Gasteiger partial charge in [0.1, 0.15) is 0 Å². The molecule has 0 fully saturated rings. The number of allylic oxidation sites excluding steroid dienone is 1. The van der Waals surface area contributed by atoms with Crippen molar-refractivity contribution in [2.45, 2.75) is 11.8 Å². The first-order chi connectivity index (χ1) is 7.49. The van der Waals surface area contributed by atoms with Gasteiger partial charge in [0.05, 0.1) is 4.92 Å². The van der Waals surface area contributed by atoms with Crippen molar-refractivity contribution in [1.29, 1.82) is 0 Å². The van der Waals surface area contributed by atoms with Gasteiger partial charge in [-0.15, -0.1) is 0 Å². The maximum absolute atomic E-state index is 10.4. The molecule has 16 heavy (non-hydrogen) atoms. The highest BCUT2D eigenvalue weighted by Gasteiger charge is 2.04. The van der Waals surface area contributed by atoms with E-state index in [9.17, 15) is 14.9 Å². The minimum atomic E-state index is -1.01. The highest BCUT2D eigenvalue weighted by molar-refractivity contribution is 8.03. The fraction of sp³-hybridized carbons (Fsp3) is 0.100. The lowest BCUT2D eigenvalue weighted by Gasteiger charge is -1.99. The molecule has 0 heterocycles. The van der Waals surface area contributed by atoms with E-state index in [1.54, 1.807) is 19.1 Å². The molecule has 0 saturated heterocycles. The summed E-state index contributed by atoms with van der Waals surface area (Å²) in [6, 6.07) is 5.94. The lowest BCUT2D eigenvalue weighted by atomic mass is 10.3. The molecule has 1 aromatic rings. The summed E-state index contributed by atoms with van der Waals surface area (Å²) in [7, 11) is 0. The molecule has 0 bridgehead atoms. The van der Waals surface area contributed by atoms with E-state index in [1.165, 1.54) is 23.9 Å². The second-order valence-corrected chi connectivity index (χ2v) is 4.27. The summed E-state index contributed by atoms with van der Waals surface area (Å²) in [6.45, 7) is 1.67. The van der Waals surface area contributed by atoms with E-state index in [0.29, 0.717) is 4.91 Å². The lowest BCUT2D eigenvalue weighted by Crippen LogP contribution is -1.88.